The third kappa shape index (κ3) is 4.55. The Kier molecular flexibility index (Phi) is 5.75. The largest absolute Gasteiger partial charge is 0.370 e. The monoisotopic (exact) mass is 239 g/mol. The van der Waals surface area contributed by atoms with E-state index in [0.717, 1.165) is 6.42 Å². The first-order valence-electron chi connectivity index (χ1n) is 5.25. The highest BCUT2D eigenvalue weighted by Crippen LogP contribution is 2.09. The van der Waals surface area contributed by atoms with Crippen LogP contribution in [0.4, 0.5) is 0 Å². The molecule has 6 heteroatoms. The average molecular weight is 239 g/mol. The van der Waals surface area contributed by atoms with Crippen LogP contribution < -0.4 is 16.8 Å². The Morgan fingerprint density at radius 3 is 2.29 bits per heavy atom. The standard InChI is InChI=1S/C11H17N3O3/c1-3-5-6-9(16)14-11(4-2,10(13)17)7-8(12)15/h2H,3,5-7H2,1H3,(H2,12,15)(H2,13,17)(H,14,16). The first kappa shape index (κ1) is 15.0. The molecule has 0 rings (SSSR count). The summed E-state index contributed by atoms with van der Waals surface area (Å²) in [5.41, 5.74) is 8.25. The Balaban J connectivity index is 4.82. The van der Waals surface area contributed by atoms with Crippen molar-refractivity contribution in [3.63, 3.8) is 0 Å². The summed E-state index contributed by atoms with van der Waals surface area (Å²) < 4.78 is 0. The van der Waals surface area contributed by atoms with Gasteiger partial charge < -0.3 is 16.8 Å². The van der Waals surface area contributed by atoms with Crippen LogP contribution in [0, 0.1) is 12.3 Å². The molecule has 0 bridgehead atoms. The predicted molar refractivity (Wildman–Crippen MR) is 62.2 cm³/mol. The molecule has 0 saturated heterocycles. The zero-order valence-corrected chi connectivity index (χ0v) is 9.79. The number of amides is 3. The van der Waals surface area contributed by atoms with Gasteiger partial charge in [-0.15, -0.1) is 6.42 Å². The molecule has 0 aliphatic carbocycles. The fourth-order valence-corrected chi connectivity index (χ4v) is 1.25. The number of hydrogen-bond donors (Lipinski definition) is 3. The summed E-state index contributed by atoms with van der Waals surface area (Å²) in [5.74, 6) is -0.156. The van der Waals surface area contributed by atoms with Crippen LogP contribution >= 0.6 is 0 Å². The number of hydrogen-bond acceptors (Lipinski definition) is 3. The van der Waals surface area contributed by atoms with E-state index in [2.05, 4.69) is 5.32 Å². The maximum absolute atomic E-state index is 11.5. The molecule has 1 atom stereocenters. The molecular formula is C11H17N3O3. The van der Waals surface area contributed by atoms with E-state index >= 15 is 0 Å². The van der Waals surface area contributed by atoms with E-state index in [9.17, 15) is 14.4 Å². The van der Waals surface area contributed by atoms with Gasteiger partial charge in [0, 0.05) is 6.42 Å². The smallest absolute Gasteiger partial charge is 0.256 e. The van der Waals surface area contributed by atoms with Crippen molar-refractivity contribution in [2.75, 3.05) is 0 Å². The van der Waals surface area contributed by atoms with Crippen molar-refractivity contribution in [3.05, 3.63) is 0 Å². The van der Waals surface area contributed by atoms with Crippen molar-refractivity contribution in [1.29, 1.82) is 0 Å². The predicted octanol–water partition coefficient (Wildman–Crippen LogP) is -0.975. The molecular weight excluding hydrogens is 222 g/mol. The van der Waals surface area contributed by atoms with Crippen molar-refractivity contribution in [3.8, 4) is 12.3 Å². The zero-order valence-electron chi connectivity index (χ0n) is 9.79. The average Bonchev–Trinajstić information content (AvgIpc) is 2.24. The fourth-order valence-electron chi connectivity index (χ4n) is 1.25. The quantitative estimate of drug-likeness (QED) is 0.496. The maximum atomic E-state index is 11.5. The van der Waals surface area contributed by atoms with Crippen LogP contribution in [0.2, 0.25) is 0 Å². The van der Waals surface area contributed by atoms with Crippen molar-refractivity contribution in [2.24, 2.45) is 11.5 Å². The highest BCUT2D eigenvalue weighted by atomic mass is 16.2. The highest BCUT2D eigenvalue weighted by Gasteiger charge is 2.37. The van der Waals surface area contributed by atoms with Crippen LogP contribution in [-0.2, 0) is 14.4 Å². The molecule has 0 radical (unpaired) electrons. The third-order valence-corrected chi connectivity index (χ3v) is 2.22. The lowest BCUT2D eigenvalue weighted by Crippen LogP contribution is -2.58. The summed E-state index contributed by atoms with van der Waals surface area (Å²) >= 11 is 0. The van der Waals surface area contributed by atoms with Gasteiger partial charge in [-0.05, 0) is 6.42 Å². The van der Waals surface area contributed by atoms with Crippen molar-refractivity contribution < 1.29 is 14.4 Å². The van der Waals surface area contributed by atoms with Gasteiger partial charge in [0.2, 0.25) is 11.8 Å². The molecule has 0 aromatic carbocycles. The van der Waals surface area contributed by atoms with Crippen molar-refractivity contribution in [1.82, 2.24) is 5.32 Å². The number of carbonyl (C=O) groups is 3. The number of unbranched alkanes of at least 4 members (excludes halogenated alkanes) is 1. The number of primary amides is 2. The molecule has 0 heterocycles. The van der Waals surface area contributed by atoms with Crippen LogP contribution in [0.15, 0.2) is 0 Å². The van der Waals surface area contributed by atoms with Crippen LogP contribution in [0.25, 0.3) is 0 Å². The lowest BCUT2D eigenvalue weighted by Gasteiger charge is -2.24. The molecule has 0 aromatic heterocycles. The summed E-state index contributed by atoms with van der Waals surface area (Å²) in [6.07, 6.45) is 6.35. The number of nitrogens with one attached hydrogen (secondary N) is 1. The summed E-state index contributed by atoms with van der Waals surface area (Å²) in [6, 6.07) is 0. The summed E-state index contributed by atoms with van der Waals surface area (Å²) in [4.78, 5) is 33.6. The topological polar surface area (TPSA) is 115 Å². The van der Waals surface area contributed by atoms with Crippen molar-refractivity contribution in [2.45, 2.75) is 38.1 Å². The normalized spacial score (nSPS) is 13.2. The second-order valence-electron chi connectivity index (χ2n) is 3.71. The number of carbonyl (C=O) groups excluding carboxylic acids is 3. The Labute approximate surface area is 100 Å². The van der Waals surface area contributed by atoms with E-state index in [1.165, 1.54) is 0 Å². The van der Waals surface area contributed by atoms with Gasteiger partial charge in [-0.25, -0.2) is 0 Å². The Morgan fingerprint density at radius 1 is 1.35 bits per heavy atom. The molecule has 0 aromatic rings. The Hall–Kier alpha value is -2.03. The molecule has 94 valence electrons. The van der Waals surface area contributed by atoms with Gasteiger partial charge in [-0.2, -0.15) is 0 Å². The van der Waals surface area contributed by atoms with Gasteiger partial charge in [0.25, 0.3) is 5.91 Å². The molecule has 0 saturated carbocycles. The summed E-state index contributed by atoms with van der Waals surface area (Å²) in [5, 5.41) is 2.30. The number of nitrogens with two attached hydrogens (primary N) is 2. The Bertz CT molecular complexity index is 359. The first-order valence-corrected chi connectivity index (χ1v) is 5.25. The maximum Gasteiger partial charge on any atom is 0.256 e. The van der Waals surface area contributed by atoms with Crippen LogP contribution in [0.1, 0.15) is 32.6 Å². The zero-order chi connectivity index (χ0) is 13.5. The third-order valence-electron chi connectivity index (χ3n) is 2.22. The van der Waals surface area contributed by atoms with Gasteiger partial charge in [-0.3, -0.25) is 14.4 Å². The molecule has 0 fully saturated rings. The summed E-state index contributed by atoms with van der Waals surface area (Å²) in [7, 11) is 0. The first-order chi connectivity index (χ1) is 7.88. The van der Waals surface area contributed by atoms with Gasteiger partial charge in [-0.1, -0.05) is 19.3 Å². The fraction of sp³-hybridized carbons (Fsp3) is 0.545. The molecule has 1 unspecified atom stereocenters. The van der Waals surface area contributed by atoms with E-state index in [-0.39, 0.29) is 6.42 Å². The number of rotatable bonds is 7. The van der Waals surface area contributed by atoms with E-state index in [1.807, 2.05) is 12.8 Å². The lowest BCUT2D eigenvalue weighted by atomic mass is 9.94. The van der Waals surface area contributed by atoms with Gasteiger partial charge >= 0.3 is 0 Å². The van der Waals surface area contributed by atoms with Crippen LogP contribution in [-0.4, -0.2) is 23.3 Å². The molecule has 0 aliphatic rings. The molecule has 3 amide bonds. The van der Waals surface area contributed by atoms with Crippen molar-refractivity contribution >= 4 is 17.7 Å². The van der Waals surface area contributed by atoms with E-state index in [4.69, 9.17) is 17.9 Å². The lowest BCUT2D eigenvalue weighted by molar-refractivity contribution is -0.132. The van der Waals surface area contributed by atoms with Crippen LogP contribution in [0.3, 0.4) is 0 Å². The van der Waals surface area contributed by atoms with E-state index < -0.39 is 29.7 Å². The minimum absolute atomic E-state index is 0.214. The second-order valence-corrected chi connectivity index (χ2v) is 3.71. The molecule has 17 heavy (non-hydrogen) atoms. The number of terminal acetylenes is 1. The van der Waals surface area contributed by atoms with Crippen LogP contribution in [0.5, 0.6) is 0 Å². The minimum Gasteiger partial charge on any atom is -0.370 e. The molecule has 5 N–H and O–H groups in total. The SMILES string of the molecule is C#CC(CC(N)=O)(NC(=O)CCCC)C(N)=O. The van der Waals surface area contributed by atoms with E-state index in [1.54, 1.807) is 0 Å². The minimum atomic E-state index is -1.82. The summed E-state index contributed by atoms with van der Waals surface area (Å²) in [6.45, 7) is 1.92. The van der Waals surface area contributed by atoms with Gasteiger partial charge in [0.1, 0.15) is 0 Å². The molecule has 6 nitrogen and oxygen atoms in total. The van der Waals surface area contributed by atoms with E-state index in [0.29, 0.717) is 6.42 Å². The van der Waals surface area contributed by atoms with Gasteiger partial charge in [0.05, 0.1) is 6.42 Å². The van der Waals surface area contributed by atoms with Gasteiger partial charge in [0.15, 0.2) is 5.54 Å². The molecule has 0 spiro atoms. The second kappa shape index (κ2) is 6.53. The Morgan fingerprint density at radius 2 is 1.94 bits per heavy atom. The highest BCUT2D eigenvalue weighted by molar-refractivity contribution is 5.97. The molecule has 0 aliphatic heterocycles.